The van der Waals surface area contributed by atoms with Crippen molar-refractivity contribution < 1.29 is 17.3 Å². The summed E-state index contributed by atoms with van der Waals surface area (Å²) in [7, 11) is -6.00. The van der Waals surface area contributed by atoms with Gasteiger partial charge in [-0.15, -0.1) is 0 Å². The van der Waals surface area contributed by atoms with Gasteiger partial charge < -0.3 is 22.2 Å². The molecule has 4 fully saturated rings. The van der Waals surface area contributed by atoms with Crippen molar-refractivity contribution in [1.82, 2.24) is 4.90 Å². The molecule has 0 aromatic heterocycles. The molecular weight excluding hydrogens is 271 g/mol. The van der Waals surface area contributed by atoms with E-state index < -0.39 is 7.25 Å². The summed E-state index contributed by atoms with van der Waals surface area (Å²) in [4.78, 5) is 7.03. The minimum absolute atomic E-state index is 0.564. The van der Waals surface area contributed by atoms with Gasteiger partial charge in [0.25, 0.3) is 0 Å². The van der Waals surface area contributed by atoms with Gasteiger partial charge in [0.1, 0.15) is 0 Å². The number of nitrogens with zero attached hydrogens (tertiary/aromatic N) is 2. The standard InChI is InChI=1S/C13H20N2.BF4/c1-2-15(9-14-1)13-6-10-3-11(7-13)5-12(4-10)8-13;2-1(3,4)5/h9-12H,1-8H2;/q;-1. The zero-order valence-electron chi connectivity index (χ0n) is 11.4. The van der Waals surface area contributed by atoms with E-state index >= 15 is 0 Å². The fourth-order valence-electron chi connectivity index (χ4n) is 5.16. The number of rotatable bonds is 1. The first-order chi connectivity index (χ1) is 9.34. The van der Waals surface area contributed by atoms with Gasteiger partial charge in [-0.1, -0.05) is 0 Å². The molecule has 4 saturated carbocycles. The van der Waals surface area contributed by atoms with Crippen LogP contribution in [0.15, 0.2) is 4.99 Å². The predicted octanol–water partition coefficient (Wildman–Crippen LogP) is 3.60. The molecule has 0 aromatic carbocycles. The molecule has 0 spiro atoms. The fraction of sp³-hybridized carbons (Fsp3) is 0.923. The Labute approximate surface area is 116 Å². The van der Waals surface area contributed by atoms with E-state index in [2.05, 4.69) is 16.2 Å². The van der Waals surface area contributed by atoms with Crippen molar-refractivity contribution in [1.29, 1.82) is 0 Å². The summed E-state index contributed by atoms with van der Waals surface area (Å²) in [5.74, 6) is 3.18. The summed E-state index contributed by atoms with van der Waals surface area (Å²) in [6.45, 7) is 2.24. The van der Waals surface area contributed by atoms with Crippen LogP contribution in [0.25, 0.3) is 0 Å². The molecule has 0 N–H and O–H groups in total. The van der Waals surface area contributed by atoms with Crippen LogP contribution in [-0.4, -0.2) is 37.1 Å². The van der Waals surface area contributed by atoms with Crippen LogP contribution in [0, 0.1) is 17.8 Å². The lowest BCUT2D eigenvalue weighted by Gasteiger charge is -2.59. The first-order valence-electron chi connectivity index (χ1n) is 7.48. The third-order valence-corrected chi connectivity index (χ3v) is 5.31. The Morgan fingerprint density at radius 1 is 0.950 bits per heavy atom. The van der Waals surface area contributed by atoms with E-state index in [1.807, 2.05) is 0 Å². The monoisotopic (exact) mass is 291 g/mol. The molecule has 5 rings (SSSR count). The average Bonchev–Trinajstić information content (AvgIpc) is 2.77. The molecule has 4 bridgehead atoms. The molecule has 1 heterocycles. The first kappa shape index (κ1) is 14.2. The van der Waals surface area contributed by atoms with Gasteiger partial charge in [-0.3, -0.25) is 4.99 Å². The third kappa shape index (κ3) is 2.96. The molecule has 4 aliphatic carbocycles. The van der Waals surface area contributed by atoms with Gasteiger partial charge >= 0.3 is 7.25 Å². The molecule has 1 aliphatic heterocycles. The van der Waals surface area contributed by atoms with Crippen LogP contribution < -0.4 is 0 Å². The van der Waals surface area contributed by atoms with Crippen molar-refractivity contribution in [3.63, 3.8) is 0 Å². The summed E-state index contributed by atoms with van der Waals surface area (Å²) >= 11 is 0. The number of hydrogen-bond donors (Lipinski definition) is 0. The van der Waals surface area contributed by atoms with Gasteiger partial charge in [0.05, 0.1) is 12.9 Å². The lowest BCUT2D eigenvalue weighted by molar-refractivity contribution is -0.0573. The molecule has 0 amide bonds. The Morgan fingerprint density at radius 2 is 1.40 bits per heavy atom. The van der Waals surface area contributed by atoms with Crippen molar-refractivity contribution in [3.05, 3.63) is 0 Å². The number of halogens is 4. The second-order valence-corrected chi connectivity index (χ2v) is 6.85. The van der Waals surface area contributed by atoms with E-state index in [-0.39, 0.29) is 0 Å². The van der Waals surface area contributed by atoms with E-state index in [1.54, 1.807) is 19.3 Å². The average molecular weight is 291 g/mol. The summed E-state index contributed by atoms with van der Waals surface area (Å²) < 4.78 is 39.0. The van der Waals surface area contributed by atoms with Crippen LogP contribution in [0.2, 0.25) is 0 Å². The molecule has 0 aromatic rings. The van der Waals surface area contributed by atoms with Crippen molar-refractivity contribution >= 4 is 13.6 Å². The van der Waals surface area contributed by atoms with Crippen LogP contribution in [0.3, 0.4) is 0 Å². The Morgan fingerprint density at radius 3 is 1.75 bits per heavy atom. The number of hydrogen-bond acceptors (Lipinski definition) is 2. The van der Waals surface area contributed by atoms with E-state index in [0.29, 0.717) is 5.54 Å². The molecule has 2 nitrogen and oxygen atoms in total. The molecule has 5 aliphatic rings. The molecule has 0 unspecified atom stereocenters. The van der Waals surface area contributed by atoms with Gasteiger partial charge in [0.2, 0.25) is 0 Å². The Bertz CT molecular complexity index is 355. The summed E-state index contributed by atoms with van der Waals surface area (Å²) in [6.07, 6.45) is 11.2. The van der Waals surface area contributed by atoms with Gasteiger partial charge in [-0.05, 0) is 56.3 Å². The quantitative estimate of drug-likeness (QED) is 0.532. The lowest BCUT2D eigenvalue weighted by Crippen LogP contribution is -2.59. The Balaban J connectivity index is 0.000000213. The van der Waals surface area contributed by atoms with E-state index in [9.17, 15) is 17.3 Å². The highest BCUT2D eigenvalue weighted by Crippen LogP contribution is 2.57. The lowest BCUT2D eigenvalue weighted by atomic mass is 9.52. The maximum absolute atomic E-state index is 9.75. The smallest absolute Gasteiger partial charge is 0.418 e. The molecular formula is C13H20BF4N2-. The maximum Gasteiger partial charge on any atom is 0.673 e. The van der Waals surface area contributed by atoms with E-state index in [0.717, 1.165) is 24.3 Å². The van der Waals surface area contributed by atoms with Crippen LogP contribution in [0.4, 0.5) is 17.3 Å². The van der Waals surface area contributed by atoms with Crippen molar-refractivity contribution in [3.8, 4) is 0 Å². The third-order valence-electron chi connectivity index (χ3n) is 5.31. The zero-order valence-corrected chi connectivity index (χ0v) is 11.4. The molecule has 0 atom stereocenters. The normalized spacial score (nSPS) is 41.8. The summed E-state index contributed by atoms with van der Waals surface area (Å²) in [6, 6.07) is 0. The highest BCUT2D eigenvalue weighted by Gasteiger charge is 2.53. The highest BCUT2D eigenvalue weighted by atomic mass is 19.5. The molecule has 0 radical (unpaired) electrons. The van der Waals surface area contributed by atoms with Crippen LogP contribution in [0.1, 0.15) is 38.5 Å². The topological polar surface area (TPSA) is 15.6 Å². The van der Waals surface area contributed by atoms with Crippen molar-refractivity contribution in [2.24, 2.45) is 22.7 Å². The molecule has 0 saturated heterocycles. The van der Waals surface area contributed by atoms with E-state index in [1.165, 1.54) is 25.8 Å². The largest absolute Gasteiger partial charge is 0.673 e. The molecule has 20 heavy (non-hydrogen) atoms. The molecule has 114 valence electrons. The zero-order chi connectivity index (χ0) is 14.4. The second-order valence-electron chi connectivity index (χ2n) is 6.85. The second kappa shape index (κ2) is 4.91. The van der Waals surface area contributed by atoms with Crippen LogP contribution in [-0.2, 0) is 0 Å². The van der Waals surface area contributed by atoms with Gasteiger partial charge in [-0.25, -0.2) is 0 Å². The van der Waals surface area contributed by atoms with Crippen LogP contribution >= 0.6 is 0 Å². The van der Waals surface area contributed by atoms with Gasteiger partial charge in [-0.2, -0.15) is 0 Å². The Kier molecular flexibility index (Phi) is 3.49. The van der Waals surface area contributed by atoms with Gasteiger partial charge in [0, 0.05) is 12.1 Å². The minimum atomic E-state index is -6.00. The maximum atomic E-state index is 9.75. The van der Waals surface area contributed by atoms with Crippen LogP contribution in [0.5, 0.6) is 0 Å². The highest BCUT2D eigenvalue weighted by molar-refractivity contribution is 6.50. The summed E-state index contributed by atoms with van der Waals surface area (Å²) in [5.41, 5.74) is 0.564. The predicted molar refractivity (Wildman–Crippen MR) is 71.2 cm³/mol. The van der Waals surface area contributed by atoms with E-state index in [4.69, 9.17) is 0 Å². The molecule has 7 heteroatoms. The number of aliphatic imine (C=N–C) groups is 1. The van der Waals surface area contributed by atoms with Gasteiger partial charge in [0.15, 0.2) is 0 Å². The SMILES string of the molecule is C1=NCCN1C12CC3CC(CC(C3)C1)C2.F[B-](F)(F)F. The minimum Gasteiger partial charge on any atom is -0.418 e. The fourth-order valence-corrected chi connectivity index (χ4v) is 5.16. The van der Waals surface area contributed by atoms with Crippen molar-refractivity contribution in [2.75, 3.05) is 13.1 Å². The Hall–Kier alpha value is -0.745. The van der Waals surface area contributed by atoms with Crippen molar-refractivity contribution in [2.45, 2.75) is 44.1 Å². The summed E-state index contributed by atoms with van der Waals surface area (Å²) in [5, 5.41) is 0. The first-order valence-corrected chi connectivity index (χ1v) is 7.48.